The van der Waals surface area contributed by atoms with Crippen molar-refractivity contribution in [1.29, 1.82) is 0 Å². The zero-order valence-corrected chi connectivity index (χ0v) is 15.9. The van der Waals surface area contributed by atoms with E-state index in [1.165, 1.54) is 6.07 Å². The van der Waals surface area contributed by atoms with Crippen LogP contribution in [0.25, 0.3) is 0 Å². The molecule has 2 heterocycles. The van der Waals surface area contributed by atoms with Crippen LogP contribution in [0.2, 0.25) is 0 Å². The Morgan fingerprint density at radius 1 is 1.19 bits per heavy atom. The molecule has 1 atom stereocenters. The fourth-order valence-electron chi connectivity index (χ4n) is 2.18. The normalized spacial score (nSPS) is 15.6. The van der Waals surface area contributed by atoms with Gasteiger partial charge in [0.1, 0.15) is 5.75 Å². The van der Waals surface area contributed by atoms with Crippen LogP contribution in [0.5, 0.6) is 11.6 Å². The molecule has 142 valence electrons. The van der Waals surface area contributed by atoms with E-state index in [0.717, 1.165) is 18.7 Å². The third kappa shape index (κ3) is 6.42. The van der Waals surface area contributed by atoms with Crippen molar-refractivity contribution in [2.45, 2.75) is 33.8 Å². The van der Waals surface area contributed by atoms with E-state index in [-0.39, 0.29) is 11.8 Å². The van der Waals surface area contributed by atoms with E-state index in [9.17, 15) is 4.79 Å². The zero-order chi connectivity index (χ0) is 19.4. The number of hydrogen-bond donors (Lipinski definition) is 2. The van der Waals surface area contributed by atoms with E-state index in [1.54, 1.807) is 6.07 Å². The Morgan fingerprint density at radius 3 is 2.54 bits per heavy atom. The van der Waals surface area contributed by atoms with Gasteiger partial charge in [-0.05, 0) is 23.8 Å². The standard InChI is InChI=1S/C15H16N4O3.2C2H6/c16-15(20)12-4-5-14(19-18-12)22-11-3-1-2-10(8-11)13-9-17-6-7-21-13;2*1-2/h1-5,8,13,17H,6-7,9H2,(H2,16,20);2*1-2H3. The van der Waals surface area contributed by atoms with Crippen LogP contribution in [-0.4, -0.2) is 35.8 Å². The summed E-state index contributed by atoms with van der Waals surface area (Å²) in [6.07, 6.45) is 0.0145. The number of nitrogens with zero attached hydrogens (tertiary/aromatic N) is 2. The second-order valence-corrected chi connectivity index (χ2v) is 4.86. The molecule has 1 fully saturated rings. The van der Waals surface area contributed by atoms with Gasteiger partial charge in [-0.1, -0.05) is 39.8 Å². The van der Waals surface area contributed by atoms with Crippen molar-refractivity contribution in [3.05, 3.63) is 47.7 Å². The summed E-state index contributed by atoms with van der Waals surface area (Å²) in [5.74, 6) is 0.306. The summed E-state index contributed by atoms with van der Waals surface area (Å²) in [5.41, 5.74) is 6.25. The molecule has 26 heavy (non-hydrogen) atoms. The molecule has 1 aliphatic rings. The largest absolute Gasteiger partial charge is 0.438 e. The van der Waals surface area contributed by atoms with Gasteiger partial charge in [0.05, 0.1) is 12.7 Å². The third-order valence-corrected chi connectivity index (χ3v) is 3.27. The quantitative estimate of drug-likeness (QED) is 0.869. The van der Waals surface area contributed by atoms with Crippen molar-refractivity contribution >= 4 is 5.91 Å². The SMILES string of the molecule is CC.CC.NC(=O)c1ccc(Oc2cccc(C3CNCCO3)c2)nn1. The predicted molar refractivity (Wildman–Crippen MR) is 101 cm³/mol. The fourth-order valence-corrected chi connectivity index (χ4v) is 2.18. The number of carbonyl (C=O) groups excluding carboxylic acids is 1. The average molecular weight is 360 g/mol. The van der Waals surface area contributed by atoms with Crippen LogP contribution in [0, 0.1) is 0 Å². The first-order valence-electron chi connectivity index (χ1n) is 8.96. The van der Waals surface area contributed by atoms with Crippen molar-refractivity contribution in [2.75, 3.05) is 19.7 Å². The van der Waals surface area contributed by atoms with Gasteiger partial charge in [0, 0.05) is 19.2 Å². The number of amides is 1. The molecule has 7 nitrogen and oxygen atoms in total. The molecule has 1 unspecified atom stereocenters. The number of aromatic nitrogens is 2. The summed E-state index contributed by atoms with van der Waals surface area (Å²) >= 11 is 0. The molecule has 1 aromatic carbocycles. The monoisotopic (exact) mass is 360 g/mol. The van der Waals surface area contributed by atoms with E-state index in [4.69, 9.17) is 15.2 Å². The number of carbonyl (C=O) groups is 1. The van der Waals surface area contributed by atoms with Gasteiger partial charge in [0.2, 0.25) is 5.88 Å². The maximum atomic E-state index is 10.9. The van der Waals surface area contributed by atoms with Gasteiger partial charge in [-0.15, -0.1) is 10.2 Å². The zero-order valence-electron chi connectivity index (χ0n) is 15.9. The van der Waals surface area contributed by atoms with Crippen LogP contribution in [0.3, 0.4) is 0 Å². The molecular weight excluding hydrogens is 332 g/mol. The minimum Gasteiger partial charge on any atom is -0.438 e. The van der Waals surface area contributed by atoms with E-state index in [0.29, 0.717) is 18.2 Å². The molecule has 1 aliphatic heterocycles. The summed E-state index contributed by atoms with van der Waals surface area (Å²) in [7, 11) is 0. The Morgan fingerprint density at radius 2 is 1.96 bits per heavy atom. The molecule has 0 saturated carbocycles. The molecule has 0 bridgehead atoms. The van der Waals surface area contributed by atoms with Gasteiger partial charge in [0.15, 0.2) is 5.69 Å². The summed E-state index contributed by atoms with van der Waals surface area (Å²) in [6, 6.07) is 10.6. The van der Waals surface area contributed by atoms with Crippen LogP contribution in [0.15, 0.2) is 36.4 Å². The van der Waals surface area contributed by atoms with Gasteiger partial charge in [0.25, 0.3) is 5.91 Å². The smallest absolute Gasteiger partial charge is 0.269 e. The molecule has 1 saturated heterocycles. The van der Waals surface area contributed by atoms with E-state index in [2.05, 4.69) is 15.5 Å². The lowest BCUT2D eigenvalue weighted by atomic mass is 10.1. The van der Waals surface area contributed by atoms with E-state index in [1.807, 2.05) is 52.0 Å². The highest BCUT2D eigenvalue weighted by Gasteiger charge is 2.16. The predicted octanol–water partition coefficient (Wildman–Crippen LogP) is 3.08. The van der Waals surface area contributed by atoms with Crippen molar-refractivity contribution in [2.24, 2.45) is 5.73 Å². The fraction of sp³-hybridized carbons (Fsp3) is 0.421. The highest BCUT2D eigenvalue weighted by Crippen LogP contribution is 2.25. The van der Waals surface area contributed by atoms with Gasteiger partial charge in [-0.2, -0.15) is 0 Å². The minimum atomic E-state index is -0.622. The second-order valence-electron chi connectivity index (χ2n) is 4.86. The lowest BCUT2D eigenvalue weighted by Crippen LogP contribution is -2.33. The summed E-state index contributed by atoms with van der Waals surface area (Å²) in [5, 5.41) is 10.8. The molecule has 3 N–H and O–H groups in total. The Hall–Kier alpha value is -2.51. The van der Waals surface area contributed by atoms with Crippen molar-refractivity contribution < 1.29 is 14.3 Å². The number of hydrogen-bond acceptors (Lipinski definition) is 6. The highest BCUT2D eigenvalue weighted by atomic mass is 16.5. The van der Waals surface area contributed by atoms with Crippen LogP contribution in [0.1, 0.15) is 49.9 Å². The van der Waals surface area contributed by atoms with E-state index < -0.39 is 5.91 Å². The van der Waals surface area contributed by atoms with Crippen molar-refractivity contribution in [3.63, 3.8) is 0 Å². The molecule has 0 aliphatic carbocycles. The van der Waals surface area contributed by atoms with Gasteiger partial charge in [-0.3, -0.25) is 4.79 Å². The Kier molecular flexibility index (Phi) is 9.89. The number of benzene rings is 1. The molecule has 7 heteroatoms. The molecular formula is C19H28N4O3. The van der Waals surface area contributed by atoms with Crippen LogP contribution in [-0.2, 0) is 4.74 Å². The maximum absolute atomic E-state index is 10.9. The van der Waals surface area contributed by atoms with Crippen LogP contribution >= 0.6 is 0 Å². The maximum Gasteiger partial charge on any atom is 0.269 e. The first-order valence-corrected chi connectivity index (χ1v) is 8.96. The third-order valence-electron chi connectivity index (χ3n) is 3.27. The number of ether oxygens (including phenoxy) is 2. The average Bonchev–Trinajstić information content (AvgIpc) is 2.72. The van der Waals surface area contributed by atoms with Crippen LogP contribution in [0.4, 0.5) is 0 Å². The second kappa shape index (κ2) is 11.9. The highest BCUT2D eigenvalue weighted by molar-refractivity contribution is 5.90. The van der Waals surface area contributed by atoms with E-state index >= 15 is 0 Å². The number of nitrogens with two attached hydrogens (primary N) is 1. The Labute approximate surface area is 154 Å². The van der Waals surface area contributed by atoms with Gasteiger partial charge >= 0.3 is 0 Å². The van der Waals surface area contributed by atoms with Crippen molar-refractivity contribution in [3.8, 4) is 11.6 Å². The molecule has 1 amide bonds. The Bertz CT molecular complexity index is 656. The molecule has 2 aromatic rings. The number of nitrogens with one attached hydrogen (secondary N) is 1. The number of rotatable bonds is 4. The minimum absolute atomic E-state index is 0.0145. The molecule has 3 rings (SSSR count). The first kappa shape index (κ1) is 21.5. The molecule has 0 spiro atoms. The first-order chi connectivity index (χ1) is 12.7. The summed E-state index contributed by atoms with van der Waals surface area (Å²) in [4.78, 5) is 10.9. The number of primary amides is 1. The van der Waals surface area contributed by atoms with Gasteiger partial charge in [-0.25, -0.2) is 0 Å². The Balaban J connectivity index is 0.000000791. The van der Waals surface area contributed by atoms with Gasteiger partial charge < -0.3 is 20.5 Å². The number of morpholine rings is 1. The lowest BCUT2D eigenvalue weighted by Gasteiger charge is -2.24. The topological polar surface area (TPSA) is 99.4 Å². The molecule has 1 aromatic heterocycles. The summed E-state index contributed by atoms with van der Waals surface area (Å²) in [6.45, 7) is 10.3. The lowest BCUT2D eigenvalue weighted by molar-refractivity contribution is 0.0276. The van der Waals surface area contributed by atoms with Crippen LogP contribution < -0.4 is 15.8 Å². The molecule has 0 radical (unpaired) electrons. The summed E-state index contributed by atoms with van der Waals surface area (Å²) < 4.78 is 11.4. The van der Waals surface area contributed by atoms with Crippen molar-refractivity contribution in [1.82, 2.24) is 15.5 Å².